The number of aromatic nitrogens is 1. The zero-order valence-electron chi connectivity index (χ0n) is 35.0. The van der Waals surface area contributed by atoms with Crippen LogP contribution in [0.1, 0.15) is 45.7 Å². The molecule has 1 aliphatic heterocycles. The predicted octanol–water partition coefficient (Wildman–Crippen LogP) is 4.34. The number of nitrogens with one attached hydrogen (secondary N) is 1. The van der Waals surface area contributed by atoms with Crippen molar-refractivity contribution in [2.24, 2.45) is 17.1 Å². The van der Waals surface area contributed by atoms with Gasteiger partial charge in [0.15, 0.2) is 5.13 Å². The monoisotopic (exact) mass is 853 g/mol. The molecular formula is C43H60FN7O6S2. The van der Waals surface area contributed by atoms with Gasteiger partial charge in [-0.1, -0.05) is 88.4 Å². The number of benzene rings is 3. The highest BCUT2D eigenvalue weighted by Gasteiger charge is 2.45. The summed E-state index contributed by atoms with van der Waals surface area (Å²) >= 11 is 1.42. The van der Waals surface area contributed by atoms with E-state index in [0.717, 1.165) is 50.1 Å². The smallest absolute Gasteiger partial charge is 0.243 e. The highest BCUT2D eigenvalue weighted by Crippen LogP contribution is 2.33. The number of hydrogen-bond acceptors (Lipinski definition) is 11. The highest BCUT2D eigenvalue weighted by atomic mass is 32.2. The topological polar surface area (TPSA) is 162 Å². The molecule has 3 aromatic carbocycles. The third-order valence-electron chi connectivity index (χ3n) is 10.4. The number of thiazole rings is 1. The molecule has 1 saturated heterocycles. The van der Waals surface area contributed by atoms with E-state index in [4.69, 9.17) is 15.5 Å². The summed E-state index contributed by atoms with van der Waals surface area (Å²) in [5.74, 6) is -1.69. The van der Waals surface area contributed by atoms with E-state index in [1.54, 1.807) is 51.1 Å². The Morgan fingerprint density at radius 1 is 1.02 bits per heavy atom. The average molecular weight is 854 g/mol. The van der Waals surface area contributed by atoms with Gasteiger partial charge >= 0.3 is 0 Å². The van der Waals surface area contributed by atoms with Crippen LogP contribution in [0.5, 0.6) is 0 Å². The molecule has 5 rings (SSSR count). The fourth-order valence-electron chi connectivity index (χ4n) is 7.36. The first-order valence-corrected chi connectivity index (χ1v) is 22.4. The standard InChI is InChI=1S/C43H60FN7O6S2/c1-30(2)28-50(59(55,56)34-15-16-35-38(25-34)58-42(47-35)48(6)17-18-49-19-21-57-22-20-49)29-37(52)36(24-31-11-8-7-9-12-31)51(39(53)26-45)40(43(3,4)5)41(54)46-27-32-13-10-14-33(44)23-32/h7-16,23,25,30,36-37,40,52H,17-22,24,26-29,45H2,1-6H3,(H,46,54)/t36-,37+,40+/m0/s1. The number of amides is 2. The molecule has 1 aliphatic rings. The van der Waals surface area contributed by atoms with Gasteiger partial charge in [0.2, 0.25) is 21.8 Å². The molecule has 0 bridgehead atoms. The summed E-state index contributed by atoms with van der Waals surface area (Å²) in [7, 11) is -2.23. The first-order valence-electron chi connectivity index (χ1n) is 20.1. The number of morpholine rings is 1. The van der Waals surface area contributed by atoms with Crippen LogP contribution in [0, 0.1) is 17.2 Å². The van der Waals surface area contributed by atoms with Gasteiger partial charge in [-0.2, -0.15) is 4.31 Å². The van der Waals surface area contributed by atoms with Crippen molar-refractivity contribution in [1.82, 2.24) is 24.4 Å². The number of hydrogen-bond donors (Lipinski definition) is 3. The van der Waals surface area contributed by atoms with Gasteiger partial charge in [0.1, 0.15) is 11.9 Å². The molecule has 16 heteroatoms. The lowest BCUT2D eigenvalue weighted by Crippen LogP contribution is -2.64. The number of aliphatic hydroxyl groups is 1. The van der Waals surface area contributed by atoms with Gasteiger partial charge in [0.25, 0.3) is 0 Å². The van der Waals surface area contributed by atoms with Crippen molar-refractivity contribution >= 4 is 48.5 Å². The van der Waals surface area contributed by atoms with Crippen molar-refractivity contribution < 1.29 is 32.2 Å². The number of anilines is 1. The molecule has 2 amide bonds. The Hall–Kier alpha value is -4.03. The van der Waals surface area contributed by atoms with Crippen molar-refractivity contribution in [2.45, 2.75) is 70.7 Å². The highest BCUT2D eigenvalue weighted by molar-refractivity contribution is 7.89. The van der Waals surface area contributed by atoms with Crippen LogP contribution in [0.2, 0.25) is 0 Å². The Kier molecular flexibility index (Phi) is 16.0. The Morgan fingerprint density at radius 2 is 1.71 bits per heavy atom. The normalized spacial score (nSPS) is 15.6. The molecule has 1 aromatic heterocycles. The van der Waals surface area contributed by atoms with E-state index in [2.05, 4.69) is 15.1 Å². The molecular weight excluding hydrogens is 794 g/mol. The van der Waals surface area contributed by atoms with E-state index in [-0.39, 0.29) is 36.9 Å². The molecule has 0 unspecified atom stereocenters. The molecule has 3 atom stereocenters. The number of ether oxygens (including phenoxy) is 1. The van der Waals surface area contributed by atoms with E-state index in [0.29, 0.717) is 15.8 Å². The molecule has 1 fully saturated rings. The maximum absolute atomic E-state index is 14.6. The lowest BCUT2D eigenvalue weighted by atomic mass is 9.82. The summed E-state index contributed by atoms with van der Waals surface area (Å²) < 4.78 is 50.7. The first kappa shape index (κ1) is 46.0. The number of carbonyl (C=O) groups excluding carboxylic acids is 2. The average Bonchev–Trinajstić information content (AvgIpc) is 3.64. The summed E-state index contributed by atoms with van der Waals surface area (Å²) in [5, 5.41) is 16.0. The van der Waals surface area contributed by atoms with Crippen LogP contribution < -0.4 is 16.0 Å². The number of sulfonamides is 1. The third-order valence-corrected chi connectivity index (χ3v) is 13.3. The van der Waals surface area contributed by atoms with Crippen LogP contribution in [0.4, 0.5) is 9.52 Å². The number of nitrogens with two attached hydrogens (primary N) is 1. The van der Waals surface area contributed by atoms with Crippen molar-refractivity contribution in [2.75, 3.05) is 71.0 Å². The minimum atomic E-state index is -4.20. The zero-order valence-corrected chi connectivity index (χ0v) is 36.6. The maximum Gasteiger partial charge on any atom is 0.243 e. The van der Waals surface area contributed by atoms with Crippen molar-refractivity contribution in [3.05, 3.63) is 89.7 Å². The summed E-state index contributed by atoms with van der Waals surface area (Å²) in [5.41, 5.74) is 7.12. The van der Waals surface area contributed by atoms with Gasteiger partial charge in [-0.3, -0.25) is 14.5 Å². The number of aliphatic hydroxyl groups excluding tert-OH is 1. The molecule has 59 heavy (non-hydrogen) atoms. The first-order chi connectivity index (χ1) is 28.0. The van der Waals surface area contributed by atoms with Crippen LogP contribution in [0.15, 0.2) is 77.7 Å². The molecule has 4 N–H and O–H groups in total. The molecule has 2 heterocycles. The summed E-state index contributed by atoms with van der Waals surface area (Å²) in [6.45, 7) is 13.3. The Morgan fingerprint density at radius 3 is 2.36 bits per heavy atom. The second-order valence-electron chi connectivity index (χ2n) is 16.7. The number of likely N-dealkylation sites (N-methyl/N-ethyl adjacent to an activating group) is 1. The van der Waals surface area contributed by atoms with E-state index >= 15 is 0 Å². The van der Waals surface area contributed by atoms with E-state index in [1.165, 1.54) is 32.7 Å². The van der Waals surface area contributed by atoms with Gasteiger partial charge < -0.3 is 30.7 Å². The van der Waals surface area contributed by atoms with Gasteiger partial charge in [-0.15, -0.1) is 0 Å². The van der Waals surface area contributed by atoms with Gasteiger partial charge in [0, 0.05) is 52.9 Å². The minimum Gasteiger partial charge on any atom is -0.390 e. The lowest BCUT2D eigenvalue weighted by Gasteiger charge is -2.45. The van der Waals surface area contributed by atoms with Gasteiger partial charge in [-0.25, -0.2) is 17.8 Å². The van der Waals surface area contributed by atoms with Crippen molar-refractivity contribution in [3.8, 4) is 0 Å². The number of halogens is 1. The Labute approximate surface area is 352 Å². The molecule has 0 aliphatic carbocycles. The largest absolute Gasteiger partial charge is 0.390 e. The van der Waals surface area contributed by atoms with E-state index in [9.17, 15) is 27.5 Å². The Balaban J connectivity index is 1.46. The number of fused-ring (bicyclic) bond motifs is 1. The van der Waals surface area contributed by atoms with Crippen LogP contribution in [-0.2, 0) is 37.3 Å². The fourth-order valence-corrected chi connectivity index (χ4v) is 10.1. The lowest BCUT2D eigenvalue weighted by molar-refractivity contribution is -0.150. The number of rotatable bonds is 19. The summed E-state index contributed by atoms with van der Waals surface area (Å²) in [6, 6.07) is 17.7. The second-order valence-corrected chi connectivity index (χ2v) is 19.6. The summed E-state index contributed by atoms with van der Waals surface area (Å²) in [6.07, 6.45) is -1.36. The van der Waals surface area contributed by atoms with Crippen LogP contribution in [-0.4, -0.2) is 129 Å². The molecule has 0 radical (unpaired) electrons. The summed E-state index contributed by atoms with van der Waals surface area (Å²) in [4.78, 5) is 38.9. The van der Waals surface area contributed by atoms with Crippen LogP contribution in [0.3, 0.4) is 0 Å². The second kappa shape index (κ2) is 20.5. The number of nitrogens with zero attached hydrogens (tertiary/aromatic N) is 5. The minimum absolute atomic E-state index is 0.00350. The van der Waals surface area contributed by atoms with Gasteiger partial charge in [0.05, 0.1) is 47.0 Å². The molecule has 0 saturated carbocycles. The molecule has 0 spiro atoms. The molecule has 4 aromatic rings. The third kappa shape index (κ3) is 12.3. The van der Waals surface area contributed by atoms with Crippen molar-refractivity contribution in [3.63, 3.8) is 0 Å². The number of carbonyl (C=O) groups is 2. The quantitative estimate of drug-likeness (QED) is 0.124. The van der Waals surface area contributed by atoms with Crippen molar-refractivity contribution in [1.29, 1.82) is 0 Å². The molecule has 322 valence electrons. The molecule has 13 nitrogen and oxygen atoms in total. The van der Waals surface area contributed by atoms with E-state index < -0.39 is 57.8 Å². The SMILES string of the molecule is CC(C)CN(C[C@@H](O)[C@H](Cc1ccccc1)N(C(=O)CN)[C@H](C(=O)NCc1cccc(F)c1)C(C)(C)C)S(=O)(=O)c1ccc2nc(N(C)CCN3CCOCC3)sc2c1. The van der Waals surface area contributed by atoms with Crippen LogP contribution >= 0.6 is 11.3 Å². The van der Waals surface area contributed by atoms with Crippen LogP contribution in [0.25, 0.3) is 10.2 Å². The zero-order chi connectivity index (χ0) is 42.9. The Bertz CT molecular complexity index is 2110. The van der Waals surface area contributed by atoms with Gasteiger partial charge in [-0.05, 0) is 59.2 Å². The van der Waals surface area contributed by atoms with E-state index in [1.807, 2.05) is 51.2 Å². The maximum atomic E-state index is 14.6. The fraction of sp³-hybridized carbons (Fsp3) is 0.512. The predicted molar refractivity (Wildman–Crippen MR) is 231 cm³/mol.